The number of nitrogens with one attached hydrogen (secondary N) is 1. The molecule has 0 unspecified atom stereocenters. The van der Waals surface area contributed by atoms with Crippen LogP contribution in [0.3, 0.4) is 0 Å². The van der Waals surface area contributed by atoms with Gasteiger partial charge in [-0.05, 0) is 42.3 Å². The molecule has 2 aromatic rings. The third kappa shape index (κ3) is 6.12. The summed E-state index contributed by atoms with van der Waals surface area (Å²) in [6, 6.07) is 11.4. The van der Waals surface area contributed by atoms with Crippen LogP contribution in [0.25, 0.3) is 6.08 Å². The van der Waals surface area contributed by atoms with Crippen LogP contribution in [0.5, 0.6) is 11.5 Å². The van der Waals surface area contributed by atoms with E-state index in [1.165, 1.54) is 19.2 Å². The molecule has 0 fully saturated rings. The molecule has 2 aromatic carbocycles. The van der Waals surface area contributed by atoms with Gasteiger partial charge in [-0.1, -0.05) is 30.4 Å². The van der Waals surface area contributed by atoms with Gasteiger partial charge in [0.05, 0.1) is 12.0 Å². The maximum absolute atomic E-state index is 12.0. The lowest BCUT2D eigenvalue weighted by Crippen LogP contribution is -2.28. The summed E-state index contributed by atoms with van der Waals surface area (Å²) in [5.41, 5.74) is 1.71. The van der Waals surface area contributed by atoms with E-state index in [-0.39, 0.29) is 24.0 Å². The lowest BCUT2D eigenvalue weighted by atomic mass is 10.2. The molecule has 144 valence electrons. The lowest BCUT2D eigenvalue weighted by molar-refractivity contribution is -0.123. The highest BCUT2D eigenvalue weighted by molar-refractivity contribution is 7.89. The van der Waals surface area contributed by atoms with Crippen molar-refractivity contribution in [3.8, 4) is 11.5 Å². The number of amides is 1. The average molecular weight is 390 g/mol. The van der Waals surface area contributed by atoms with Crippen molar-refractivity contribution in [2.45, 2.75) is 18.4 Å². The Labute approximate surface area is 158 Å². The van der Waals surface area contributed by atoms with E-state index in [1.807, 2.05) is 31.2 Å². The van der Waals surface area contributed by atoms with E-state index < -0.39 is 10.0 Å². The lowest BCUT2D eigenvalue weighted by Gasteiger charge is -2.11. The van der Waals surface area contributed by atoms with Crippen molar-refractivity contribution in [3.63, 3.8) is 0 Å². The van der Waals surface area contributed by atoms with Crippen LogP contribution in [0.4, 0.5) is 0 Å². The number of rotatable bonds is 8. The summed E-state index contributed by atoms with van der Waals surface area (Å²) in [7, 11) is -2.19. The number of carbonyl (C=O) groups is 1. The summed E-state index contributed by atoms with van der Waals surface area (Å²) < 4.78 is 33.2. The van der Waals surface area contributed by atoms with Gasteiger partial charge in [-0.25, -0.2) is 13.6 Å². The molecule has 0 heterocycles. The van der Waals surface area contributed by atoms with Crippen LogP contribution in [0.1, 0.15) is 18.1 Å². The Balaban J connectivity index is 1.89. The number of benzene rings is 2. The maximum atomic E-state index is 12.0. The van der Waals surface area contributed by atoms with Crippen molar-refractivity contribution in [1.29, 1.82) is 0 Å². The van der Waals surface area contributed by atoms with Gasteiger partial charge in [0, 0.05) is 6.54 Å². The van der Waals surface area contributed by atoms with E-state index >= 15 is 0 Å². The Kier molecular flexibility index (Phi) is 6.98. The first kappa shape index (κ1) is 20.5. The van der Waals surface area contributed by atoms with Crippen LogP contribution >= 0.6 is 0 Å². The molecule has 3 N–H and O–H groups in total. The van der Waals surface area contributed by atoms with Gasteiger partial charge in [0.1, 0.15) is 0 Å². The number of primary sulfonamides is 1. The quantitative estimate of drug-likeness (QED) is 0.717. The molecule has 0 aromatic heterocycles. The third-order valence-electron chi connectivity index (χ3n) is 3.65. The molecule has 0 aliphatic rings. The molecular formula is C19H22N2O5S. The molecular weight excluding hydrogens is 368 g/mol. The predicted octanol–water partition coefficient (Wildman–Crippen LogP) is 2.07. The molecule has 0 bridgehead atoms. The molecule has 0 aliphatic carbocycles. The van der Waals surface area contributed by atoms with Crippen molar-refractivity contribution in [2.24, 2.45) is 5.14 Å². The first-order valence-electron chi connectivity index (χ1n) is 8.15. The SMILES string of the molecule is C/C=C/c1ccc(OCC(=O)NCc2ccc(S(N)(=O)=O)cc2)c(OC)c1. The molecule has 7 nitrogen and oxygen atoms in total. The fraction of sp³-hybridized carbons (Fsp3) is 0.211. The summed E-state index contributed by atoms with van der Waals surface area (Å²) >= 11 is 0. The van der Waals surface area contributed by atoms with E-state index in [1.54, 1.807) is 18.2 Å². The zero-order valence-electron chi connectivity index (χ0n) is 15.1. The van der Waals surface area contributed by atoms with Crippen LogP contribution in [0, 0.1) is 0 Å². The minimum Gasteiger partial charge on any atom is -0.493 e. The number of methoxy groups -OCH3 is 1. The Bertz CT molecular complexity index is 922. The van der Waals surface area contributed by atoms with Crippen LogP contribution in [-0.2, 0) is 21.4 Å². The zero-order valence-corrected chi connectivity index (χ0v) is 16.0. The maximum Gasteiger partial charge on any atom is 0.258 e. The van der Waals surface area contributed by atoms with Gasteiger partial charge in [-0.15, -0.1) is 0 Å². The third-order valence-corrected chi connectivity index (χ3v) is 4.58. The fourth-order valence-electron chi connectivity index (χ4n) is 2.29. The minimum absolute atomic E-state index is 0.0226. The van der Waals surface area contributed by atoms with Crippen LogP contribution < -0.4 is 19.9 Å². The van der Waals surface area contributed by atoms with Crippen molar-refractivity contribution >= 4 is 22.0 Å². The number of sulfonamides is 1. The number of hydrogen-bond donors (Lipinski definition) is 2. The summed E-state index contributed by atoms with van der Waals surface area (Å²) in [5.74, 6) is 0.695. The van der Waals surface area contributed by atoms with Crippen molar-refractivity contribution in [1.82, 2.24) is 5.32 Å². The topological polar surface area (TPSA) is 108 Å². The monoisotopic (exact) mass is 390 g/mol. The summed E-state index contributed by atoms with van der Waals surface area (Å²) in [5, 5.41) is 7.75. The van der Waals surface area contributed by atoms with E-state index in [9.17, 15) is 13.2 Å². The minimum atomic E-state index is -3.73. The van der Waals surface area contributed by atoms with Crippen molar-refractivity contribution < 1.29 is 22.7 Å². The smallest absolute Gasteiger partial charge is 0.258 e. The Morgan fingerprint density at radius 1 is 1.15 bits per heavy atom. The molecule has 0 saturated heterocycles. The van der Waals surface area contributed by atoms with E-state index in [0.29, 0.717) is 11.5 Å². The van der Waals surface area contributed by atoms with Crippen LogP contribution in [0.15, 0.2) is 53.4 Å². The molecule has 8 heteroatoms. The molecule has 1 amide bonds. The molecule has 0 radical (unpaired) electrons. The van der Waals surface area contributed by atoms with E-state index in [4.69, 9.17) is 14.6 Å². The van der Waals surface area contributed by atoms with E-state index in [0.717, 1.165) is 11.1 Å². The van der Waals surface area contributed by atoms with Gasteiger partial charge in [0.2, 0.25) is 10.0 Å². The molecule has 27 heavy (non-hydrogen) atoms. The van der Waals surface area contributed by atoms with Gasteiger partial charge in [0.15, 0.2) is 18.1 Å². The molecule has 0 atom stereocenters. The molecule has 0 aliphatic heterocycles. The zero-order chi connectivity index (χ0) is 19.9. The second kappa shape index (κ2) is 9.20. The first-order chi connectivity index (χ1) is 12.8. The Morgan fingerprint density at radius 2 is 1.85 bits per heavy atom. The van der Waals surface area contributed by atoms with Gasteiger partial charge in [-0.2, -0.15) is 0 Å². The number of carbonyl (C=O) groups excluding carboxylic acids is 1. The molecule has 2 rings (SSSR count). The van der Waals surface area contributed by atoms with Crippen molar-refractivity contribution in [3.05, 3.63) is 59.7 Å². The standard InChI is InChI=1S/C19H22N2O5S/c1-3-4-14-7-10-17(18(11-14)25-2)26-13-19(22)21-12-15-5-8-16(9-6-15)27(20,23)24/h3-11H,12-13H2,1-2H3,(H,21,22)(H2,20,23,24)/b4-3+. The predicted molar refractivity (Wildman–Crippen MR) is 103 cm³/mol. The molecule has 0 saturated carbocycles. The average Bonchev–Trinajstić information content (AvgIpc) is 2.65. The first-order valence-corrected chi connectivity index (χ1v) is 9.70. The highest BCUT2D eigenvalue weighted by Crippen LogP contribution is 2.28. The van der Waals surface area contributed by atoms with Gasteiger partial charge < -0.3 is 14.8 Å². The number of nitrogens with two attached hydrogens (primary N) is 1. The van der Waals surface area contributed by atoms with Crippen LogP contribution in [0.2, 0.25) is 0 Å². The van der Waals surface area contributed by atoms with Gasteiger partial charge >= 0.3 is 0 Å². The van der Waals surface area contributed by atoms with Gasteiger partial charge in [-0.3, -0.25) is 4.79 Å². The second-order valence-electron chi connectivity index (χ2n) is 5.66. The highest BCUT2D eigenvalue weighted by atomic mass is 32.2. The largest absolute Gasteiger partial charge is 0.493 e. The molecule has 0 spiro atoms. The van der Waals surface area contributed by atoms with Crippen molar-refractivity contribution in [2.75, 3.05) is 13.7 Å². The summed E-state index contributed by atoms with van der Waals surface area (Å²) in [6.45, 7) is 1.99. The Hall–Kier alpha value is -2.84. The highest BCUT2D eigenvalue weighted by Gasteiger charge is 2.09. The van der Waals surface area contributed by atoms with Gasteiger partial charge in [0.25, 0.3) is 5.91 Å². The number of allylic oxidation sites excluding steroid dienone is 1. The number of ether oxygens (including phenoxy) is 2. The Morgan fingerprint density at radius 3 is 2.44 bits per heavy atom. The fourth-order valence-corrected chi connectivity index (χ4v) is 2.81. The normalized spacial score (nSPS) is 11.4. The number of hydrogen-bond acceptors (Lipinski definition) is 5. The second-order valence-corrected chi connectivity index (χ2v) is 7.23. The summed E-state index contributed by atoms with van der Waals surface area (Å²) in [6.07, 6.45) is 3.85. The summed E-state index contributed by atoms with van der Waals surface area (Å²) in [4.78, 5) is 12.0. The van der Waals surface area contributed by atoms with Crippen LogP contribution in [-0.4, -0.2) is 28.0 Å². The van der Waals surface area contributed by atoms with E-state index in [2.05, 4.69) is 5.32 Å².